The molecule has 0 heterocycles. The highest BCUT2D eigenvalue weighted by Gasteiger charge is 2.67. The average molecular weight is 330 g/mol. The van der Waals surface area contributed by atoms with E-state index in [0.29, 0.717) is 0 Å². The van der Waals surface area contributed by atoms with Crippen molar-refractivity contribution in [3.63, 3.8) is 0 Å². The lowest BCUT2D eigenvalue weighted by Gasteiger charge is -2.31. The van der Waals surface area contributed by atoms with Gasteiger partial charge in [0.1, 0.15) is 0 Å². The Morgan fingerprint density at radius 1 is 1.00 bits per heavy atom. The fraction of sp³-hybridized carbons (Fsp3) is 0.667. The van der Waals surface area contributed by atoms with E-state index in [1.165, 1.54) is 5.41 Å². The average Bonchev–Trinajstić information content (AvgIpc) is 2.29. The van der Waals surface area contributed by atoms with E-state index in [0.717, 1.165) is 30.0 Å². The van der Waals surface area contributed by atoms with Crippen molar-refractivity contribution in [2.45, 2.75) is 37.9 Å². The first kappa shape index (κ1) is 19.7. The van der Waals surface area contributed by atoms with E-state index in [-0.39, 0.29) is 5.25 Å². The van der Waals surface area contributed by atoms with Gasteiger partial charge in [-0.05, 0) is 11.8 Å². The van der Waals surface area contributed by atoms with Crippen LogP contribution in [0.4, 0.5) is 26.3 Å². The van der Waals surface area contributed by atoms with Gasteiger partial charge in [0.15, 0.2) is 11.3 Å². The van der Waals surface area contributed by atoms with Crippen LogP contribution >= 0.6 is 11.8 Å². The maximum atomic E-state index is 12.7. The number of allylic oxidation sites excluding steroid dienone is 1. The van der Waals surface area contributed by atoms with Crippen molar-refractivity contribution >= 4 is 11.8 Å². The van der Waals surface area contributed by atoms with E-state index in [4.69, 9.17) is 10.5 Å². The summed E-state index contributed by atoms with van der Waals surface area (Å²) in [7, 11) is 0. The van der Waals surface area contributed by atoms with Gasteiger partial charge in [-0.2, -0.15) is 36.9 Å². The zero-order valence-corrected chi connectivity index (χ0v) is 11.9. The molecule has 9 heteroatoms. The van der Waals surface area contributed by atoms with Gasteiger partial charge >= 0.3 is 12.4 Å². The van der Waals surface area contributed by atoms with E-state index in [9.17, 15) is 26.3 Å². The molecule has 2 nitrogen and oxygen atoms in total. The molecular weight excluding hydrogens is 318 g/mol. The topological polar surface area (TPSA) is 47.6 Å². The van der Waals surface area contributed by atoms with Gasteiger partial charge in [0, 0.05) is 5.25 Å². The highest BCUT2D eigenvalue weighted by Crippen LogP contribution is 2.51. The van der Waals surface area contributed by atoms with Gasteiger partial charge in [-0.25, -0.2) is 0 Å². The minimum atomic E-state index is -5.73. The normalized spacial score (nSPS) is 13.7. The Morgan fingerprint density at radius 3 is 1.71 bits per heavy atom. The molecule has 0 rings (SSSR count). The summed E-state index contributed by atoms with van der Waals surface area (Å²) >= 11 is 1.16. The highest BCUT2D eigenvalue weighted by molar-refractivity contribution is 8.02. The molecule has 0 aromatic heterocycles. The minimum absolute atomic E-state index is 0.0702. The fourth-order valence-corrected chi connectivity index (χ4v) is 2.08. The van der Waals surface area contributed by atoms with Crippen molar-refractivity contribution in [1.29, 1.82) is 10.5 Å². The van der Waals surface area contributed by atoms with E-state index in [2.05, 4.69) is 0 Å². The van der Waals surface area contributed by atoms with Gasteiger partial charge in [-0.3, -0.25) is 0 Å². The maximum absolute atomic E-state index is 12.7. The third-order valence-corrected chi connectivity index (χ3v) is 3.33. The quantitative estimate of drug-likeness (QED) is 0.680. The fourth-order valence-electron chi connectivity index (χ4n) is 1.55. The largest absolute Gasteiger partial charge is 0.403 e. The zero-order valence-electron chi connectivity index (χ0n) is 11.1. The molecule has 0 amide bonds. The second kappa shape index (κ2) is 7.08. The number of hydrogen-bond donors (Lipinski definition) is 0. The molecule has 0 aliphatic heterocycles. The Labute approximate surface area is 122 Å². The van der Waals surface area contributed by atoms with Crippen LogP contribution in [0.15, 0.2) is 11.5 Å². The van der Waals surface area contributed by atoms with Crippen molar-refractivity contribution < 1.29 is 26.3 Å². The number of halogens is 6. The Hall–Kier alpha value is -1.35. The standard InChI is InChI=1S/C12H12F6N2S/c1-8(2)21-5-3-4-10(6-19,7-20)9(11(13,14)15)12(16,17)18/h3,5,8-9H,4H2,1-2H3/b5-3+. The monoisotopic (exact) mass is 330 g/mol. The van der Waals surface area contributed by atoms with Crippen LogP contribution in [0.3, 0.4) is 0 Å². The van der Waals surface area contributed by atoms with Gasteiger partial charge in [0.25, 0.3) is 0 Å². The molecule has 0 aliphatic rings. The van der Waals surface area contributed by atoms with Crippen molar-refractivity contribution in [3.05, 3.63) is 11.5 Å². The van der Waals surface area contributed by atoms with Crippen molar-refractivity contribution in [1.82, 2.24) is 0 Å². The zero-order chi connectivity index (χ0) is 16.9. The van der Waals surface area contributed by atoms with Crippen LogP contribution in [0.5, 0.6) is 0 Å². The first-order chi connectivity index (χ1) is 9.40. The molecule has 0 atom stereocenters. The minimum Gasteiger partial charge on any atom is -0.197 e. The summed E-state index contributed by atoms with van der Waals surface area (Å²) in [6, 6.07) is 1.81. The van der Waals surface area contributed by atoms with Gasteiger partial charge < -0.3 is 0 Å². The predicted molar refractivity (Wildman–Crippen MR) is 65.7 cm³/mol. The van der Waals surface area contributed by atoms with Crippen molar-refractivity contribution in [2.24, 2.45) is 11.3 Å². The molecule has 0 aliphatic carbocycles. The van der Waals surface area contributed by atoms with Gasteiger partial charge in [0.05, 0.1) is 12.1 Å². The summed E-state index contributed by atoms with van der Waals surface area (Å²) in [5, 5.41) is 18.9. The SMILES string of the molecule is CC(C)S/C=C/CC(C#N)(C#N)C(C(F)(F)F)C(F)(F)F. The smallest absolute Gasteiger partial charge is 0.197 e. The van der Waals surface area contributed by atoms with Crippen LogP contribution < -0.4 is 0 Å². The molecule has 0 saturated heterocycles. The molecule has 0 unspecified atom stereocenters. The molecule has 118 valence electrons. The molecule has 0 N–H and O–H groups in total. The number of hydrogen-bond acceptors (Lipinski definition) is 3. The number of nitrogens with zero attached hydrogens (tertiary/aromatic N) is 2. The molecular formula is C12H12F6N2S. The van der Waals surface area contributed by atoms with Crippen LogP contribution in [0.2, 0.25) is 0 Å². The second-order valence-corrected chi connectivity index (χ2v) is 5.96. The first-order valence-corrected chi connectivity index (χ1v) is 6.61. The third kappa shape index (κ3) is 5.50. The summed E-state index contributed by atoms with van der Waals surface area (Å²) in [6.07, 6.45) is -11.4. The predicted octanol–water partition coefficient (Wildman–Crippen LogP) is 4.81. The number of thioether (sulfide) groups is 1. The third-order valence-electron chi connectivity index (χ3n) is 2.43. The van der Waals surface area contributed by atoms with E-state index < -0.39 is 30.1 Å². The molecule has 0 radical (unpaired) electrons. The van der Waals surface area contributed by atoms with Crippen LogP contribution in [0.25, 0.3) is 0 Å². The van der Waals surface area contributed by atoms with E-state index in [1.54, 1.807) is 13.8 Å². The summed E-state index contributed by atoms with van der Waals surface area (Å²) < 4.78 is 76.0. The van der Waals surface area contributed by atoms with Gasteiger partial charge in [-0.15, -0.1) is 11.8 Å². The molecule has 0 bridgehead atoms. The van der Waals surface area contributed by atoms with Crippen LogP contribution in [0, 0.1) is 34.0 Å². The van der Waals surface area contributed by atoms with Gasteiger partial charge in [-0.1, -0.05) is 19.9 Å². The molecule has 0 saturated carbocycles. The lowest BCUT2D eigenvalue weighted by atomic mass is 9.74. The van der Waals surface area contributed by atoms with E-state index in [1.807, 2.05) is 0 Å². The summed E-state index contributed by atoms with van der Waals surface area (Å²) in [6.45, 7) is 3.54. The Bertz CT molecular complexity index is 424. The second-order valence-electron chi connectivity index (χ2n) is 4.47. The lowest BCUT2D eigenvalue weighted by molar-refractivity contribution is -0.302. The van der Waals surface area contributed by atoms with E-state index >= 15 is 0 Å². The van der Waals surface area contributed by atoms with Crippen LogP contribution in [0.1, 0.15) is 20.3 Å². The Balaban J connectivity index is 5.58. The molecule has 21 heavy (non-hydrogen) atoms. The number of rotatable bonds is 5. The summed E-state index contributed by atoms with van der Waals surface area (Å²) in [4.78, 5) is 0. The van der Waals surface area contributed by atoms with Gasteiger partial charge in [0.2, 0.25) is 0 Å². The Morgan fingerprint density at radius 2 is 1.43 bits per heavy atom. The molecule has 0 spiro atoms. The van der Waals surface area contributed by atoms with Crippen molar-refractivity contribution in [3.8, 4) is 12.1 Å². The Kier molecular flexibility index (Phi) is 6.62. The molecule has 0 fully saturated rings. The summed E-state index contributed by atoms with van der Waals surface area (Å²) in [5.74, 6) is -4.01. The number of nitriles is 2. The highest BCUT2D eigenvalue weighted by atomic mass is 32.2. The van der Waals surface area contributed by atoms with Crippen LogP contribution in [-0.4, -0.2) is 17.6 Å². The first-order valence-electron chi connectivity index (χ1n) is 5.67. The maximum Gasteiger partial charge on any atom is 0.403 e. The van der Waals surface area contributed by atoms with Crippen molar-refractivity contribution in [2.75, 3.05) is 0 Å². The summed E-state index contributed by atoms with van der Waals surface area (Å²) in [5.41, 5.74) is -3.23. The lowest BCUT2D eigenvalue weighted by Crippen LogP contribution is -2.47. The molecule has 0 aromatic rings. The van der Waals surface area contributed by atoms with Crippen LogP contribution in [-0.2, 0) is 0 Å². The molecule has 0 aromatic carbocycles. The number of alkyl halides is 6.